The van der Waals surface area contributed by atoms with Gasteiger partial charge in [0.2, 0.25) is 15.9 Å². The first-order valence-corrected chi connectivity index (χ1v) is 13.1. The average Bonchev–Trinajstić information content (AvgIpc) is 2.83. The fourth-order valence-corrected chi connectivity index (χ4v) is 6.20. The summed E-state index contributed by atoms with van der Waals surface area (Å²) in [6.45, 7) is 5.23. The number of rotatable bonds is 5. The molecule has 2 atom stereocenters. The molecule has 1 saturated heterocycles. The fourth-order valence-electron chi connectivity index (χ4n) is 4.47. The third-order valence-corrected chi connectivity index (χ3v) is 8.46. The molecule has 0 aromatic heterocycles. The van der Waals surface area contributed by atoms with Gasteiger partial charge in [0.15, 0.2) is 6.10 Å². The molecule has 0 bridgehead atoms. The van der Waals surface area contributed by atoms with Gasteiger partial charge in [-0.25, -0.2) is 13.2 Å². The zero-order valence-corrected chi connectivity index (χ0v) is 20.8. The third-order valence-electron chi connectivity index (χ3n) is 6.45. The number of piperidine rings is 1. The van der Waals surface area contributed by atoms with Gasteiger partial charge in [-0.05, 0) is 63.4 Å². The summed E-state index contributed by atoms with van der Waals surface area (Å²) in [6, 6.07) is 11.1. The lowest BCUT2D eigenvalue weighted by molar-refractivity contribution is -0.128. The lowest BCUT2D eigenvalue weighted by atomic mass is 10.1. The monoisotopic (exact) mass is 499 g/mol. The molecular weight excluding hydrogens is 470 g/mol. The molecular formula is C25H29N3O6S. The maximum atomic E-state index is 13.2. The first kappa shape index (κ1) is 24.9. The van der Waals surface area contributed by atoms with Crippen LogP contribution < -0.4 is 10.2 Å². The lowest BCUT2D eigenvalue weighted by Gasteiger charge is -2.32. The lowest BCUT2D eigenvalue weighted by Crippen LogP contribution is -2.47. The summed E-state index contributed by atoms with van der Waals surface area (Å²) in [4.78, 5) is 39.5. The Bertz CT molecular complexity index is 1280. The van der Waals surface area contributed by atoms with Gasteiger partial charge in [-0.3, -0.25) is 14.5 Å². The molecule has 1 N–H and O–H groups in total. The molecule has 4 rings (SSSR count). The number of amides is 2. The number of sulfonamides is 1. The molecule has 2 aliphatic heterocycles. The number of esters is 1. The topological polar surface area (TPSA) is 113 Å². The predicted octanol–water partition coefficient (Wildman–Crippen LogP) is 3.09. The first-order chi connectivity index (χ1) is 16.6. The quantitative estimate of drug-likeness (QED) is 0.633. The Morgan fingerprint density at radius 2 is 1.89 bits per heavy atom. The predicted molar refractivity (Wildman–Crippen MR) is 131 cm³/mol. The van der Waals surface area contributed by atoms with Crippen LogP contribution in [0.2, 0.25) is 0 Å². The average molecular weight is 500 g/mol. The molecule has 0 aliphatic carbocycles. The van der Waals surface area contributed by atoms with Crippen LogP contribution >= 0.6 is 0 Å². The van der Waals surface area contributed by atoms with E-state index in [0.717, 1.165) is 19.3 Å². The summed E-state index contributed by atoms with van der Waals surface area (Å²) in [7, 11) is -3.78. The molecule has 2 aromatic carbocycles. The van der Waals surface area contributed by atoms with Crippen LogP contribution in [0.1, 0.15) is 49.0 Å². The van der Waals surface area contributed by atoms with Gasteiger partial charge in [0, 0.05) is 12.6 Å². The van der Waals surface area contributed by atoms with Crippen LogP contribution in [0.4, 0.5) is 11.4 Å². The molecule has 2 unspecified atom stereocenters. The van der Waals surface area contributed by atoms with Gasteiger partial charge in [-0.15, -0.1) is 0 Å². The van der Waals surface area contributed by atoms with Gasteiger partial charge >= 0.3 is 5.97 Å². The molecule has 1 fully saturated rings. The van der Waals surface area contributed by atoms with Crippen molar-refractivity contribution in [1.82, 2.24) is 4.31 Å². The number of carbonyl (C=O) groups excluding carboxylic acids is 3. The van der Waals surface area contributed by atoms with E-state index in [1.54, 1.807) is 37.3 Å². The number of benzene rings is 2. The summed E-state index contributed by atoms with van der Waals surface area (Å²) >= 11 is 0. The van der Waals surface area contributed by atoms with Gasteiger partial charge in [-0.1, -0.05) is 24.6 Å². The van der Waals surface area contributed by atoms with Crippen LogP contribution in [0.3, 0.4) is 0 Å². The molecule has 186 valence electrons. The Kier molecular flexibility index (Phi) is 6.95. The molecule has 35 heavy (non-hydrogen) atoms. The summed E-state index contributed by atoms with van der Waals surface area (Å²) < 4.78 is 33.4. The zero-order chi connectivity index (χ0) is 25.3. The van der Waals surface area contributed by atoms with Crippen molar-refractivity contribution in [3.05, 3.63) is 53.6 Å². The van der Waals surface area contributed by atoms with E-state index in [2.05, 4.69) is 5.32 Å². The van der Waals surface area contributed by atoms with Crippen molar-refractivity contribution in [2.75, 3.05) is 23.3 Å². The fraction of sp³-hybridized carbons (Fsp3) is 0.400. The van der Waals surface area contributed by atoms with Gasteiger partial charge in [-0.2, -0.15) is 4.31 Å². The molecule has 10 heteroatoms. The highest BCUT2D eigenvalue weighted by molar-refractivity contribution is 7.89. The number of fused-ring (bicyclic) bond motifs is 1. The van der Waals surface area contributed by atoms with Crippen LogP contribution in [-0.4, -0.2) is 55.7 Å². The smallest absolute Gasteiger partial charge is 0.339 e. The first-order valence-electron chi connectivity index (χ1n) is 11.6. The van der Waals surface area contributed by atoms with E-state index in [4.69, 9.17) is 4.74 Å². The van der Waals surface area contributed by atoms with E-state index in [9.17, 15) is 22.8 Å². The summed E-state index contributed by atoms with van der Waals surface area (Å²) in [5.74, 6) is -1.71. The largest absolute Gasteiger partial charge is 0.449 e. The minimum absolute atomic E-state index is 0.0180. The Hall–Kier alpha value is -3.24. The Labute approximate surface area is 205 Å². The molecule has 0 saturated carbocycles. The SMILES string of the molecule is Cc1ccc(S(=O)(=O)N2CCCCC2C)cc1C(=O)OC(C)C(=O)N1CC(=O)Nc2ccccc21. The number of carbonyl (C=O) groups is 3. The zero-order valence-electron chi connectivity index (χ0n) is 20.0. The third kappa shape index (κ3) is 4.94. The van der Waals surface area contributed by atoms with Gasteiger partial charge in [0.1, 0.15) is 6.54 Å². The maximum Gasteiger partial charge on any atom is 0.339 e. The Morgan fingerprint density at radius 3 is 2.63 bits per heavy atom. The number of aryl methyl sites for hydroxylation is 1. The van der Waals surface area contributed by atoms with Crippen molar-refractivity contribution in [2.45, 2.75) is 57.1 Å². The van der Waals surface area contributed by atoms with Crippen molar-refractivity contribution < 1.29 is 27.5 Å². The highest BCUT2D eigenvalue weighted by atomic mass is 32.2. The number of nitrogens with zero attached hydrogens (tertiary/aromatic N) is 2. The van der Waals surface area contributed by atoms with E-state index >= 15 is 0 Å². The highest BCUT2D eigenvalue weighted by Gasteiger charge is 2.34. The van der Waals surface area contributed by atoms with Crippen LogP contribution in [0.15, 0.2) is 47.4 Å². The Balaban J connectivity index is 1.54. The van der Waals surface area contributed by atoms with Crippen LogP contribution in [-0.2, 0) is 24.3 Å². The number of ether oxygens (including phenoxy) is 1. The van der Waals surface area contributed by atoms with Crippen molar-refractivity contribution >= 4 is 39.2 Å². The molecule has 2 aliphatic rings. The van der Waals surface area contributed by atoms with Gasteiger partial charge < -0.3 is 10.1 Å². The molecule has 2 heterocycles. The van der Waals surface area contributed by atoms with Crippen molar-refractivity contribution in [3.63, 3.8) is 0 Å². The number of anilines is 2. The van der Waals surface area contributed by atoms with Crippen molar-refractivity contribution in [1.29, 1.82) is 0 Å². The van der Waals surface area contributed by atoms with E-state index < -0.39 is 28.0 Å². The normalized spacial score (nSPS) is 19.5. The molecule has 9 nitrogen and oxygen atoms in total. The summed E-state index contributed by atoms with van der Waals surface area (Å²) in [5.41, 5.74) is 1.62. The molecule has 2 aromatic rings. The number of hydrogen-bond donors (Lipinski definition) is 1. The highest BCUT2D eigenvalue weighted by Crippen LogP contribution is 2.30. The molecule has 2 amide bonds. The second-order valence-electron chi connectivity index (χ2n) is 8.97. The second-order valence-corrected chi connectivity index (χ2v) is 10.9. The number of hydrogen-bond acceptors (Lipinski definition) is 6. The minimum Gasteiger partial charge on any atom is -0.449 e. The van der Waals surface area contributed by atoms with Crippen molar-refractivity contribution in [3.8, 4) is 0 Å². The van der Waals surface area contributed by atoms with Crippen LogP contribution in [0.25, 0.3) is 0 Å². The minimum atomic E-state index is -3.78. The number of para-hydroxylation sites is 2. The van der Waals surface area contributed by atoms with Gasteiger partial charge in [0.05, 0.1) is 21.8 Å². The second kappa shape index (κ2) is 9.79. The Morgan fingerprint density at radius 1 is 1.14 bits per heavy atom. The van der Waals surface area contributed by atoms with Crippen LogP contribution in [0, 0.1) is 6.92 Å². The standard InChI is InChI=1S/C25H29N3O6S/c1-16-11-12-19(35(32,33)28-13-7-6-8-17(28)2)14-20(16)25(31)34-18(3)24(30)27-15-23(29)26-21-9-4-5-10-22(21)27/h4-5,9-12,14,17-18H,6-8,13,15H2,1-3H3,(H,26,29). The molecule has 0 radical (unpaired) electrons. The molecule has 0 spiro atoms. The van der Waals surface area contributed by atoms with E-state index in [0.29, 0.717) is 23.5 Å². The van der Waals surface area contributed by atoms with Crippen LogP contribution in [0.5, 0.6) is 0 Å². The summed E-state index contributed by atoms with van der Waals surface area (Å²) in [6.07, 6.45) is 1.37. The van der Waals surface area contributed by atoms with Gasteiger partial charge in [0.25, 0.3) is 5.91 Å². The summed E-state index contributed by atoms with van der Waals surface area (Å²) in [5, 5.41) is 2.71. The van der Waals surface area contributed by atoms with E-state index in [1.165, 1.54) is 28.3 Å². The van der Waals surface area contributed by atoms with E-state index in [1.807, 2.05) is 6.92 Å². The van der Waals surface area contributed by atoms with Crippen molar-refractivity contribution in [2.24, 2.45) is 0 Å². The maximum absolute atomic E-state index is 13.2. The van der Waals surface area contributed by atoms with E-state index in [-0.39, 0.29) is 29.0 Å². The number of nitrogens with one attached hydrogen (secondary N) is 1.